The fraction of sp³-hybridized carbons (Fsp3) is 0.0909. The summed E-state index contributed by atoms with van der Waals surface area (Å²) in [5, 5.41) is 13.9. The maximum absolute atomic E-state index is 9.97. The van der Waals surface area contributed by atoms with Crippen LogP contribution in [0.2, 0.25) is 0 Å². The number of aliphatic hydroxyl groups excluding tert-OH is 1. The molecule has 0 saturated carbocycles. The summed E-state index contributed by atoms with van der Waals surface area (Å²) in [6, 6.07) is 9.31. The van der Waals surface area contributed by atoms with Gasteiger partial charge in [-0.3, -0.25) is 0 Å². The van der Waals surface area contributed by atoms with Crippen LogP contribution in [0.3, 0.4) is 0 Å². The maximum atomic E-state index is 9.97. The predicted molar refractivity (Wildman–Crippen MR) is 56.8 cm³/mol. The average Bonchev–Trinajstić information content (AvgIpc) is 2.82. The highest BCUT2D eigenvalue weighted by molar-refractivity contribution is 5.48. The summed E-state index contributed by atoms with van der Waals surface area (Å²) in [5.74, 6) is 0. The standard InChI is InChI=1S/C11H11N3O/c1-9(14-8-12-7-13-14)11(15)10-5-3-2-4-6-10/h2-8,11,15H,1H2. The highest BCUT2D eigenvalue weighted by atomic mass is 16.3. The van der Waals surface area contributed by atoms with E-state index in [1.165, 1.54) is 17.3 Å². The molecule has 4 heteroatoms. The van der Waals surface area contributed by atoms with Crippen LogP contribution in [0, 0.1) is 0 Å². The zero-order valence-electron chi connectivity index (χ0n) is 8.11. The Morgan fingerprint density at radius 3 is 2.67 bits per heavy atom. The van der Waals surface area contributed by atoms with Gasteiger partial charge in [-0.25, -0.2) is 9.67 Å². The van der Waals surface area contributed by atoms with Gasteiger partial charge in [-0.05, 0) is 5.56 Å². The van der Waals surface area contributed by atoms with E-state index in [9.17, 15) is 5.11 Å². The summed E-state index contributed by atoms with van der Waals surface area (Å²) in [7, 11) is 0. The van der Waals surface area contributed by atoms with Crippen LogP contribution in [0.15, 0.2) is 49.6 Å². The smallest absolute Gasteiger partial charge is 0.138 e. The van der Waals surface area contributed by atoms with Crippen LogP contribution < -0.4 is 0 Å². The van der Waals surface area contributed by atoms with Crippen LogP contribution in [0.5, 0.6) is 0 Å². The topological polar surface area (TPSA) is 50.9 Å². The summed E-state index contributed by atoms with van der Waals surface area (Å²) >= 11 is 0. The van der Waals surface area contributed by atoms with E-state index in [0.29, 0.717) is 5.70 Å². The Morgan fingerprint density at radius 1 is 1.33 bits per heavy atom. The van der Waals surface area contributed by atoms with Gasteiger partial charge in [0.25, 0.3) is 0 Å². The second kappa shape index (κ2) is 4.06. The minimum Gasteiger partial charge on any atom is -0.382 e. The lowest BCUT2D eigenvalue weighted by molar-refractivity contribution is 0.230. The van der Waals surface area contributed by atoms with Crippen LogP contribution in [-0.4, -0.2) is 19.9 Å². The molecule has 0 bridgehead atoms. The van der Waals surface area contributed by atoms with Crippen LogP contribution in [0.4, 0.5) is 0 Å². The van der Waals surface area contributed by atoms with Gasteiger partial charge in [-0.15, -0.1) is 0 Å². The van der Waals surface area contributed by atoms with E-state index in [0.717, 1.165) is 5.56 Å². The average molecular weight is 201 g/mol. The molecule has 1 N–H and O–H groups in total. The lowest BCUT2D eigenvalue weighted by Gasteiger charge is -2.13. The largest absolute Gasteiger partial charge is 0.382 e. The molecule has 76 valence electrons. The lowest BCUT2D eigenvalue weighted by atomic mass is 10.1. The first-order valence-corrected chi connectivity index (χ1v) is 4.56. The van der Waals surface area contributed by atoms with Crippen molar-refractivity contribution >= 4 is 5.70 Å². The molecule has 0 fully saturated rings. The van der Waals surface area contributed by atoms with Gasteiger partial charge >= 0.3 is 0 Å². The van der Waals surface area contributed by atoms with Crippen molar-refractivity contribution in [2.75, 3.05) is 0 Å². The van der Waals surface area contributed by atoms with Crippen molar-refractivity contribution in [2.45, 2.75) is 6.10 Å². The molecule has 0 radical (unpaired) electrons. The first-order chi connectivity index (χ1) is 7.29. The van der Waals surface area contributed by atoms with Gasteiger partial charge in [-0.1, -0.05) is 36.9 Å². The number of rotatable bonds is 3. The molecule has 1 aromatic carbocycles. The fourth-order valence-electron chi connectivity index (χ4n) is 1.31. The van der Waals surface area contributed by atoms with Crippen LogP contribution in [0.25, 0.3) is 5.70 Å². The zero-order valence-corrected chi connectivity index (χ0v) is 8.11. The molecular formula is C11H11N3O. The van der Waals surface area contributed by atoms with E-state index < -0.39 is 6.10 Å². The van der Waals surface area contributed by atoms with E-state index in [-0.39, 0.29) is 0 Å². The van der Waals surface area contributed by atoms with Crippen molar-refractivity contribution < 1.29 is 5.11 Å². The molecule has 2 rings (SSSR count). The minimum absolute atomic E-state index is 0.485. The Morgan fingerprint density at radius 2 is 2.07 bits per heavy atom. The molecule has 1 aromatic heterocycles. The Balaban J connectivity index is 2.23. The van der Waals surface area contributed by atoms with Crippen LogP contribution in [0.1, 0.15) is 11.7 Å². The van der Waals surface area contributed by atoms with Crippen molar-refractivity contribution in [3.8, 4) is 0 Å². The third kappa shape index (κ3) is 1.94. The number of hydrogen-bond donors (Lipinski definition) is 1. The Kier molecular flexibility index (Phi) is 2.60. The maximum Gasteiger partial charge on any atom is 0.138 e. The molecule has 0 aliphatic rings. The summed E-state index contributed by atoms with van der Waals surface area (Å²) < 4.78 is 1.46. The Bertz CT molecular complexity index is 436. The molecule has 0 saturated heterocycles. The molecule has 4 nitrogen and oxygen atoms in total. The van der Waals surface area contributed by atoms with E-state index in [2.05, 4.69) is 16.7 Å². The number of aliphatic hydroxyl groups is 1. The number of aromatic nitrogens is 3. The summed E-state index contributed by atoms with van der Waals surface area (Å²) in [4.78, 5) is 3.80. The highest BCUT2D eigenvalue weighted by Gasteiger charge is 2.12. The third-order valence-corrected chi connectivity index (χ3v) is 2.14. The van der Waals surface area contributed by atoms with E-state index in [4.69, 9.17) is 0 Å². The van der Waals surface area contributed by atoms with Crippen molar-refractivity contribution in [1.82, 2.24) is 14.8 Å². The predicted octanol–water partition coefficient (Wildman–Crippen LogP) is 1.48. The molecular weight excluding hydrogens is 190 g/mol. The van der Waals surface area contributed by atoms with Crippen LogP contribution in [-0.2, 0) is 0 Å². The van der Waals surface area contributed by atoms with Gasteiger partial charge in [0.1, 0.15) is 18.8 Å². The van der Waals surface area contributed by atoms with Crippen molar-refractivity contribution in [3.63, 3.8) is 0 Å². The van der Waals surface area contributed by atoms with Gasteiger partial charge in [0.15, 0.2) is 0 Å². The monoisotopic (exact) mass is 201 g/mol. The van der Waals surface area contributed by atoms with Gasteiger partial charge in [0.05, 0.1) is 5.70 Å². The van der Waals surface area contributed by atoms with Crippen molar-refractivity contribution in [1.29, 1.82) is 0 Å². The fourth-order valence-corrected chi connectivity index (χ4v) is 1.31. The van der Waals surface area contributed by atoms with Crippen molar-refractivity contribution in [2.24, 2.45) is 0 Å². The van der Waals surface area contributed by atoms with Crippen molar-refractivity contribution in [3.05, 3.63) is 55.1 Å². The molecule has 1 unspecified atom stereocenters. The van der Waals surface area contributed by atoms with E-state index in [1.54, 1.807) is 0 Å². The summed E-state index contributed by atoms with van der Waals surface area (Å²) in [6.07, 6.45) is 2.16. The second-order valence-corrected chi connectivity index (χ2v) is 3.14. The molecule has 15 heavy (non-hydrogen) atoms. The number of nitrogens with zero attached hydrogens (tertiary/aromatic N) is 3. The van der Waals surface area contributed by atoms with Gasteiger partial charge < -0.3 is 5.11 Å². The highest BCUT2D eigenvalue weighted by Crippen LogP contribution is 2.22. The normalized spacial score (nSPS) is 12.3. The first-order valence-electron chi connectivity index (χ1n) is 4.56. The second-order valence-electron chi connectivity index (χ2n) is 3.14. The number of benzene rings is 1. The Hall–Kier alpha value is -1.94. The Labute approximate surface area is 87.5 Å². The molecule has 0 aliphatic heterocycles. The van der Waals surface area contributed by atoms with Gasteiger partial charge in [0.2, 0.25) is 0 Å². The molecule has 1 atom stereocenters. The molecule has 0 amide bonds. The molecule has 0 spiro atoms. The quantitative estimate of drug-likeness (QED) is 0.818. The SMILES string of the molecule is C=C(C(O)c1ccccc1)n1cncn1. The minimum atomic E-state index is -0.757. The summed E-state index contributed by atoms with van der Waals surface area (Å²) in [5.41, 5.74) is 1.27. The molecule has 1 heterocycles. The number of hydrogen-bond acceptors (Lipinski definition) is 3. The van der Waals surface area contributed by atoms with Gasteiger partial charge in [-0.2, -0.15) is 5.10 Å². The molecule has 0 aliphatic carbocycles. The third-order valence-electron chi connectivity index (χ3n) is 2.14. The molecule has 2 aromatic rings. The van der Waals surface area contributed by atoms with E-state index in [1.807, 2.05) is 30.3 Å². The lowest BCUT2D eigenvalue weighted by Crippen LogP contribution is -2.06. The first kappa shape index (κ1) is 9.61. The van der Waals surface area contributed by atoms with Crippen LogP contribution >= 0.6 is 0 Å². The van der Waals surface area contributed by atoms with E-state index >= 15 is 0 Å². The van der Waals surface area contributed by atoms with Gasteiger partial charge in [0, 0.05) is 0 Å². The zero-order chi connectivity index (χ0) is 10.7. The summed E-state index contributed by atoms with van der Waals surface area (Å²) in [6.45, 7) is 3.78.